The number of aryl methyl sites for hydroxylation is 1. The highest BCUT2D eigenvalue weighted by molar-refractivity contribution is 7.89. The van der Waals surface area contributed by atoms with E-state index in [0.29, 0.717) is 6.20 Å². The lowest BCUT2D eigenvalue weighted by Crippen LogP contribution is -2.47. The van der Waals surface area contributed by atoms with Gasteiger partial charge in [-0.1, -0.05) is 0 Å². The van der Waals surface area contributed by atoms with Crippen molar-refractivity contribution in [3.8, 4) is 0 Å². The molecule has 0 spiro atoms. The van der Waals surface area contributed by atoms with Crippen molar-refractivity contribution in [1.82, 2.24) is 9.29 Å². The fourth-order valence-corrected chi connectivity index (χ4v) is 2.99. The molecule has 0 radical (unpaired) electrons. The van der Waals surface area contributed by atoms with E-state index in [2.05, 4.69) is 4.74 Å². The molecule has 0 aliphatic heterocycles. The zero-order valence-electron chi connectivity index (χ0n) is 12.0. The quantitative estimate of drug-likeness (QED) is 0.569. The van der Waals surface area contributed by atoms with Gasteiger partial charge in [0.2, 0.25) is 10.0 Å². The number of aliphatic hydroxyl groups excluding tert-OH is 1. The Kier molecular flexibility index (Phi) is 5.77. The number of ether oxygens (including phenoxy) is 1. The number of esters is 1. The van der Waals surface area contributed by atoms with Crippen LogP contribution in [0.5, 0.6) is 0 Å². The minimum absolute atomic E-state index is 0.107. The van der Waals surface area contributed by atoms with Crippen molar-refractivity contribution in [1.29, 1.82) is 0 Å². The Bertz CT molecular complexity index is 683. The van der Waals surface area contributed by atoms with Gasteiger partial charge in [0, 0.05) is 13.2 Å². The van der Waals surface area contributed by atoms with Gasteiger partial charge in [0.05, 0.1) is 13.2 Å². The number of alkyl halides is 3. The molecule has 1 atom stereocenters. The van der Waals surface area contributed by atoms with Crippen LogP contribution in [0.3, 0.4) is 0 Å². The number of carbonyl (C=O) groups is 1. The molecule has 0 aliphatic rings. The number of hydrogen-bond acceptors (Lipinski definition) is 5. The topological polar surface area (TPSA) is 97.6 Å². The predicted octanol–water partition coefficient (Wildman–Crippen LogP) is 0.542. The molecule has 1 rings (SSSR count). The average Bonchev–Trinajstić information content (AvgIpc) is 2.71. The van der Waals surface area contributed by atoms with Crippen molar-refractivity contribution in [3.63, 3.8) is 0 Å². The van der Waals surface area contributed by atoms with Gasteiger partial charge in [-0.2, -0.15) is 17.9 Å². The highest BCUT2D eigenvalue weighted by atomic mass is 32.2. The van der Waals surface area contributed by atoms with E-state index in [9.17, 15) is 30.8 Å². The first-order chi connectivity index (χ1) is 10.5. The van der Waals surface area contributed by atoms with Crippen LogP contribution in [0, 0.1) is 5.82 Å². The van der Waals surface area contributed by atoms with Crippen LogP contribution in [0.15, 0.2) is 11.1 Å². The van der Waals surface area contributed by atoms with E-state index in [4.69, 9.17) is 5.11 Å². The number of aliphatic hydroxyl groups is 1. The van der Waals surface area contributed by atoms with Crippen LogP contribution in [0.2, 0.25) is 0 Å². The Morgan fingerprint density at radius 3 is 2.48 bits per heavy atom. The summed E-state index contributed by atoms with van der Waals surface area (Å²) in [6, 6.07) is -2.81. The molecule has 0 aliphatic carbocycles. The molecule has 0 aromatic carbocycles. The molecule has 0 bridgehead atoms. The van der Waals surface area contributed by atoms with Crippen LogP contribution in [-0.2, 0) is 21.8 Å². The molecule has 1 aromatic heterocycles. The van der Waals surface area contributed by atoms with Crippen molar-refractivity contribution in [2.45, 2.75) is 24.0 Å². The van der Waals surface area contributed by atoms with Crippen LogP contribution >= 0.6 is 0 Å². The number of nitrogens with one attached hydrogen (secondary N) is 1. The van der Waals surface area contributed by atoms with Gasteiger partial charge in [0.1, 0.15) is 10.9 Å². The van der Waals surface area contributed by atoms with E-state index in [1.165, 1.54) is 6.92 Å². The fourth-order valence-electron chi connectivity index (χ4n) is 1.65. The van der Waals surface area contributed by atoms with Crippen LogP contribution in [0.25, 0.3) is 0 Å². The van der Waals surface area contributed by atoms with Gasteiger partial charge < -0.3 is 14.4 Å². The van der Waals surface area contributed by atoms with E-state index >= 15 is 0 Å². The fraction of sp³-hybridized carbons (Fsp3) is 0.545. The number of hydrogen-bond donors (Lipinski definition) is 2. The average molecular weight is 362 g/mol. The molecule has 7 nitrogen and oxygen atoms in total. The van der Waals surface area contributed by atoms with Crippen molar-refractivity contribution in [2.24, 2.45) is 7.05 Å². The van der Waals surface area contributed by atoms with E-state index in [1.54, 1.807) is 0 Å². The van der Waals surface area contributed by atoms with Gasteiger partial charge >= 0.3 is 12.1 Å². The Balaban J connectivity index is 3.25. The molecule has 1 aromatic rings. The Morgan fingerprint density at radius 1 is 1.48 bits per heavy atom. The largest absolute Gasteiger partial charge is 0.461 e. The van der Waals surface area contributed by atoms with E-state index in [1.807, 2.05) is 0 Å². The lowest BCUT2D eigenvalue weighted by Gasteiger charge is -2.18. The van der Waals surface area contributed by atoms with Gasteiger partial charge in [-0.3, -0.25) is 0 Å². The zero-order valence-corrected chi connectivity index (χ0v) is 12.8. The molecule has 0 fully saturated rings. The molecular weight excluding hydrogens is 348 g/mol. The maximum Gasteiger partial charge on any atom is 0.407 e. The first-order valence-electron chi connectivity index (χ1n) is 6.17. The number of halogens is 4. The first kappa shape index (κ1) is 19.4. The minimum Gasteiger partial charge on any atom is -0.461 e. The van der Waals surface area contributed by atoms with Crippen molar-refractivity contribution < 1.29 is 40.6 Å². The summed E-state index contributed by atoms with van der Waals surface area (Å²) in [7, 11) is -3.84. The SMILES string of the molecule is CCOC(=O)c1c(F)c(S(=O)(=O)NC(CO)C(F)(F)F)cn1C. The van der Waals surface area contributed by atoms with Gasteiger partial charge in [0.25, 0.3) is 0 Å². The second-order valence-corrected chi connectivity index (χ2v) is 6.07. The maximum atomic E-state index is 14.1. The number of rotatable bonds is 6. The molecule has 1 heterocycles. The Morgan fingerprint density at radius 2 is 2.04 bits per heavy atom. The lowest BCUT2D eigenvalue weighted by atomic mass is 10.3. The summed E-state index contributed by atoms with van der Waals surface area (Å²) in [6.07, 6.45) is -4.44. The van der Waals surface area contributed by atoms with Gasteiger partial charge in [-0.05, 0) is 6.92 Å². The summed E-state index contributed by atoms with van der Waals surface area (Å²) >= 11 is 0. The summed E-state index contributed by atoms with van der Waals surface area (Å²) in [5.41, 5.74) is -0.750. The standard InChI is InChI=1S/C11H14F4N2O5S/c1-3-22-10(19)9-8(12)6(4-17(9)2)23(20,21)16-7(5-18)11(13,14)15/h4,7,16,18H,3,5H2,1-2H3. The summed E-state index contributed by atoms with van der Waals surface area (Å²) < 4.78 is 81.9. The third kappa shape index (κ3) is 4.20. The van der Waals surface area contributed by atoms with E-state index in [0.717, 1.165) is 16.3 Å². The summed E-state index contributed by atoms with van der Waals surface area (Å²) in [5.74, 6) is -2.71. The van der Waals surface area contributed by atoms with Crippen molar-refractivity contribution >= 4 is 16.0 Å². The molecule has 1 unspecified atom stereocenters. The number of nitrogens with zero attached hydrogens (tertiary/aromatic N) is 1. The van der Waals surface area contributed by atoms with Crippen LogP contribution in [0.4, 0.5) is 17.6 Å². The van der Waals surface area contributed by atoms with Crippen molar-refractivity contribution in [2.75, 3.05) is 13.2 Å². The van der Waals surface area contributed by atoms with Crippen LogP contribution < -0.4 is 4.72 Å². The molecule has 0 amide bonds. The highest BCUT2D eigenvalue weighted by Gasteiger charge is 2.43. The van der Waals surface area contributed by atoms with Crippen LogP contribution in [0.1, 0.15) is 17.4 Å². The third-order valence-corrected chi connectivity index (χ3v) is 4.18. The highest BCUT2D eigenvalue weighted by Crippen LogP contribution is 2.25. The number of sulfonamides is 1. The summed E-state index contributed by atoms with van der Waals surface area (Å²) in [4.78, 5) is 10.4. The first-order valence-corrected chi connectivity index (χ1v) is 7.65. The monoisotopic (exact) mass is 362 g/mol. The van der Waals surface area contributed by atoms with Crippen molar-refractivity contribution in [3.05, 3.63) is 17.7 Å². The van der Waals surface area contributed by atoms with Gasteiger partial charge in [0.15, 0.2) is 11.5 Å². The van der Waals surface area contributed by atoms with E-state index < -0.39 is 51.2 Å². The Hall–Kier alpha value is -1.66. The summed E-state index contributed by atoms with van der Waals surface area (Å²) in [5, 5.41) is 8.64. The minimum atomic E-state index is -5.07. The van der Waals surface area contributed by atoms with Gasteiger partial charge in [-0.25, -0.2) is 17.6 Å². The van der Waals surface area contributed by atoms with E-state index in [-0.39, 0.29) is 6.61 Å². The molecular formula is C11H14F4N2O5S. The maximum absolute atomic E-state index is 14.1. The normalized spacial score (nSPS) is 13.9. The smallest absolute Gasteiger partial charge is 0.407 e. The molecule has 0 saturated heterocycles. The summed E-state index contributed by atoms with van der Waals surface area (Å²) in [6.45, 7) is -0.237. The molecule has 12 heteroatoms. The molecule has 132 valence electrons. The zero-order chi connectivity index (χ0) is 18.0. The lowest BCUT2D eigenvalue weighted by molar-refractivity contribution is -0.158. The second-order valence-electron chi connectivity index (χ2n) is 4.39. The van der Waals surface area contributed by atoms with Gasteiger partial charge in [-0.15, -0.1) is 0 Å². The number of carbonyl (C=O) groups excluding carboxylic acids is 1. The van der Waals surface area contributed by atoms with Crippen LogP contribution in [-0.4, -0.2) is 49.5 Å². The second kappa shape index (κ2) is 6.84. The predicted molar refractivity (Wildman–Crippen MR) is 68.6 cm³/mol. The Labute approximate surface area is 128 Å². The molecule has 2 N–H and O–H groups in total. The molecule has 23 heavy (non-hydrogen) atoms. The third-order valence-electron chi connectivity index (χ3n) is 2.72. The number of aromatic nitrogens is 1. The molecule has 0 saturated carbocycles.